The minimum absolute atomic E-state index is 0.329. The molecular weight excluding hydrogens is 590 g/mol. The molecule has 46 heavy (non-hydrogen) atoms. The van der Waals surface area contributed by atoms with E-state index in [0.717, 1.165) is 11.3 Å². The molecule has 2 heteroatoms. The molecule has 0 aliphatic heterocycles. The molecule has 0 aromatic heterocycles. The monoisotopic (exact) mass is 640 g/mol. The first-order chi connectivity index (χ1) is 22.8. The molecule has 0 spiro atoms. The molecule has 2 aliphatic rings. The van der Waals surface area contributed by atoms with Gasteiger partial charge in [0.2, 0.25) is 0 Å². The molecule has 7 rings (SSSR count). The van der Waals surface area contributed by atoms with E-state index in [2.05, 4.69) is 140 Å². The van der Waals surface area contributed by atoms with E-state index in [1.807, 2.05) is 23.2 Å². The summed E-state index contributed by atoms with van der Waals surface area (Å²) < 4.78 is 0. The summed E-state index contributed by atoms with van der Waals surface area (Å²) in [6, 6.07) is 56.9. The third kappa shape index (κ3) is 7.52. The maximum atomic E-state index is 2.46. The van der Waals surface area contributed by atoms with Crippen molar-refractivity contribution in [1.82, 2.24) is 0 Å². The second kappa shape index (κ2) is 16.6. The van der Waals surface area contributed by atoms with Gasteiger partial charge in [0, 0.05) is 0 Å². The lowest BCUT2D eigenvalue weighted by molar-refractivity contribution is 0.487. The van der Waals surface area contributed by atoms with E-state index in [-0.39, 0.29) is 7.92 Å². The van der Waals surface area contributed by atoms with Crippen molar-refractivity contribution in [3.05, 3.63) is 163 Å². The van der Waals surface area contributed by atoms with Crippen LogP contribution in [0.5, 0.6) is 0 Å². The summed E-state index contributed by atoms with van der Waals surface area (Å²) in [5.74, 6) is 0. The van der Waals surface area contributed by atoms with E-state index < -0.39 is 6.89 Å². The number of rotatable bonds is 7. The summed E-state index contributed by atoms with van der Waals surface area (Å²) in [7, 11) is -0.329. The molecule has 0 radical (unpaired) electrons. The van der Waals surface area contributed by atoms with Crippen molar-refractivity contribution in [2.24, 2.45) is 0 Å². The summed E-state index contributed by atoms with van der Waals surface area (Å²) in [5.41, 5.74) is 4.50. The zero-order valence-electron chi connectivity index (χ0n) is 27.6. The van der Waals surface area contributed by atoms with Crippen molar-refractivity contribution in [3.8, 4) is 0 Å². The molecule has 2 aliphatic carbocycles. The summed E-state index contributed by atoms with van der Waals surface area (Å²) in [5, 5.41) is 6.36. The molecule has 236 valence electrons. The Balaban J connectivity index is 0.000000471. The fraction of sp³-hybridized carbons (Fsp3) is 0.295. The Bertz CT molecular complexity index is 1510. The molecule has 0 bridgehead atoms. The third-order valence-corrected chi connectivity index (χ3v) is 19.0. The topological polar surface area (TPSA) is 0 Å². The Hall–Kier alpha value is -3.17. The number of benzene rings is 5. The highest BCUT2D eigenvalue weighted by atomic mass is 31.2. The summed E-state index contributed by atoms with van der Waals surface area (Å²) in [6.45, 7) is -0.0459. The lowest BCUT2D eigenvalue weighted by Crippen LogP contribution is -2.34. The molecule has 0 unspecified atom stereocenters. The first kappa shape index (κ1) is 32.8. The van der Waals surface area contributed by atoms with Crippen LogP contribution in [0.25, 0.3) is 0 Å². The highest BCUT2D eigenvalue weighted by Crippen LogP contribution is 2.65. The minimum Gasteiger partial charge on any atom is -0.0671 e. The standard InChI is InChI=1S/C37H42P2.C7H8/c1-7-19-31(20-8-1)37(38(32-21-9-2-10-22-32)33-23-11-3-12-24-33)39(34-25-13-4-14-26-34,35-27-15-5-16-28-35)36-29-17-6-18-30-36;1-7-5-3-2-4-6-7/h1,4-8,13-20,25-30,32-33H,2-3,9-12,21-24H2;2-6H,1H3. The van der Waals surface area contributed by atoms with Crippen molar-refractivity contribution in [3.63, 3.8) is 0 Å². The second-order valence-corrected chi connectivity index (χ2v) is 19.4. The summed E-state index contributed by atoms with van der Waals surface area (Å²) in [6.07, 6.45) is 14.1. The van der Waals surface area contributed by atoms with Gasteiger partial charge in [-0.15, -0.1) is 0 Å². The van der Waals surface area contributed by atoms with Crippen LogP contribution < -0.4 is 15.9 Å². The Labute approximate surface area is 280 Å². The van der Waals surface area contributed by atoms with Gasteiger partial charge in [0.05, 0.1) is 0 Å². The second-order valence-electron chi connectivity index (χ2n) is 13.0. The molecule has 0 heterocycles. The van der Waals surface area contributed by atoms with E-state index >= 15 is 0 Å². The first-order valence-corrected chi connectivity index (χ1v) is 20.8. The van der Waals surface area contributed by atoms with E-state index in [0.29, 0.717) is 0 Å². The summed E-state index contributed by atoms with van der Waals surface area (Å²) in [4.78, 5) is 0. The van der Waals surface area contributed by atoms with Gasteiger partial charge in [-0.05, 0) is 77.3 Å². The predicted octanol–water partition coefficient (Wildman–Crippen LogP) is 11.3. The largest absolute Gasteiger partial charge is 0.0671 e. The van der Waals surface area contributed by atoms with Crippen molar-refractivity contribution in [2.45, 2.75) is 82.4 Å². The van der Waals surface area contributed by atoms with Gasteiger partial charge >= 0.3 is 0 Å². The maximum absolute atomic E-state index is 2.46. The number of aryl methyl sites for hydroxylation is 1. The third-order valence-electron chi connectivity index (χ3n) is 9.90. The van der Waals surface area contributed by atoms with Crippen molar-refractivity contribution in [1.29, 1.82) is 0 Å². The van der Waals surface area contributed by atoms with Crippen molar-refractivity contribution < 1.29 is 0 Å². The van der Waals surface area contributed by atoms with Crippen LogP contribution in [0.15, 0.2) is 152 Å². The molecule has 0 atom stereocenters. The van der Waals surface area contributed by atoms with Crippen LogP contribution in [-0.4, -0.2) is 16.4 Å². The Kier molecular flexibility index (Phi) is 11.8. The van der Waals surface area contributed by atoms with Crippen molar-refractivity contribution >= 4 is 35.8 Å². The average molecular weight is 641 g/mol. The fourth-order valence-electron chi connectivity index (χ4n) is 7.77. The minimum atomic E-state index is -2.13. The Morgan fingerprint density at radius 1 is 0.435 bits per heavy atom. The first-order valence-electron chi connectivity index (χ1n) is 17.6. The zero-order chi connectivity index (χ0) is 31.4. The molecule has 0 saturated heterocycles. The SMILES string of the molecule is Cc1ccccc1.c1ccc(C(P(C2CCCCC2)C2CCCCC2)=P(c2ccccc2)(c2ccccc2)c2ccccc2)cc1. The predicted molar refractivity (Wildman–Crippen MR) is 208 cm³/mol. The van der Waals surface area contributed by atoms with Gasteiger partial charge in [-0.25, -0.2) is 0 Å². The van der Waals surface area contributed by atoms with Gasteiger partial charge in [0.1, 0.15) is 0 Å². The van der Waals surface area contributed by atoms with E-state index in [1.165, 1.54) is 91.2 Å². The smallest absolute Gasteiger partial charge is 0.00625 e. The average Bonchev–Trinajstić information content (AvgIpc) is 3.15. The quantitative estimate of drug-likeness (QED) is 0.155. The maximum Gasteiger partial charge on any atom is -0.00625 e. The van der Waals surface area contributed by atoms with E-state index in [1.54, 1.807) is 0 Å². The van der Waals surface area contributed by atoms with Crippen LogP contribution in [0.1, 0.15) is 75.3 Å². The molecular formula is C44H50P2. The van der Waals surface area contributed by atoms with Gasteiger partial charge in [-0.2, -0.15) is 0 Å². The van der Waals surface area contributed by atoms with Gasteiger partial charge in [0.25, 0.3) is 0 Å². The van der Waals surface area contributed by atoms with Crippen LogP contribution in [-0.2, 0) is 0 Å². The normalized spacial score (nSPS) is 16.0. The van der Waals surface area contributed by atoms with Gasteiger partial charge in [0.15, 0.2) is 0 Å². The molecule has 0 N–H and O–H groups in total. The highest BCUT2D eigenvalue weighted by Gasteiger charge is 2.40. The highest BCUT2D eigenvalue weighted by molar-refractivity contribution is 8.07. The lowest BCUT2D eigenvalue weighted by atomic mass is 9.99. The molecule has 5 aromatic rings. The number of hydrogen-bond acceptors (Lipinski definition) is 0. The Morgan fingerprint density at radius 3 is 1.09 bits per heavy atom. The molecule has 0 nitrogen and oxygen atoms in total. The zero-order valence-corrected chi connectivity index (χ0v) is 29.3. The van der Waals surface area contributed by atoms with Gasteiger partial charge < -0.3 is 0 Å². The Morgan fingerprint density at radius 2 is 0.761 bits per heavy atom. The lowest BCUT2D eigenvalue weighted by Gasteiger charge is -2.45. The summed E-state index contributed by atoms with van der Waals surface area (Å²) >= 11 is 0. The van der Waals surface area contributed by atoms with Crippen LogP contribution >= 0.6 is 14.8 Å². The van der Waals surface area contributed by atoms with E-state index in [9.17, 15) is 0 Å². The van der Waals surface area contributed by atoms with Gasteiger partial charge in [-0.1, -0.05) is 204 Å². The molecule has 2 fully saturated rings. The molecule has 0 amide bonds. The van der Waals surface area contributed by atoms with Crippen LogP contribution in [0.3, 0.4) is 0 Å². The molecule has 2 saturated carbocycles. The number of hydrogen-bond donors (Lipinski definition) is 0. The van der Waals surface area contributed by atoms with Crippen LogP contribution in [0.2, 0.25) is 0 Å². The van der Waals surface area contributed by atoms with Crippen molar-refractivity contribution in [2.75, 3.05) is 0 Å². The van der Waals surface area contributed by atoms with Gasteiger partial charge in [-0.3, -0.25) is 0 Å². The molecule has 5 aromatic carbocycles. The van der Waals surface area contributed by atoms with Crippen LogP contribution in [0.4, 0.5) is 0 Å². The van der Waals surface area contributed by atoms with E-state index in [4.69, 9.17) is 0 Å². The fourth-order valence-corrected chi connectivity index (χ4v) is 18.8. The van der Waals surface area contributed by atoms with Crippen LogP contribution in [0, 0.1) is 6.92 Å².